The third kappa shape index (κ3) is 2.01. The van der Waals surface area contributed by atoms with E-state index in [2.05, 4.69) is 15.9 Å². The van der Waals surface area contributed by atoms with Gasteiger partial charge in [-0.15, -0.1) is 0 Å². The van der Waals surface area contributed by atoms with Crippen LogP contribution in [-0.4, -0.2) is 4.57 Å². The van der Waals surface area contributed by atoms with E-state index in [0.717, 1.165) is 5.39 Å². The Hall–Kier alpha value is -1.78. The normalized spacial score (nSPS) is 10.9. The van der Waals surface area contributed by atoms with E-state index in [1.165, 1.54) is 4.57 Å². The van der Waals surface area contributed by atoms with Gasteiger partial charge in [0.15, 0.2) is 0 Å². The third-order valence-electron chi connectivity index (χ3n) is 3.13. The molecule has 3 aromatic rings. The lowest BCUT2D eigenvalue weighted by Gasteiger charge is -2.13. The van der Waals surface area contributed by atoms with Crippen LogP contribution in [0.5, 0.6) is 0 Å². The summed E-state index contributed by atoms with van der Waals surface area (Å²) in [5.74, 6) is 0.372. The molecule has 3 nitrogen and oxygen atoms in total. The Morgan fingerprint density at radius 3 is 2.65 bits per heavy atom. The fraction of sp³-hybridized carbons (Fsp3) is 0. The number of nitrogens with two attached hydrogens (primary N) is 1. The maximum Gasteiger partial charge on any atom is 0.264 e. The number of nitrogen functional groups attached to an aromatic ring is 1. The van der Waals surface area contributed by atoms with Crippen LogP contribution in [0, 0.1) is 0 Å². The predicted molar refractivity (Wildman–Crippen MR) is 86.7 cm³/mol. The van der Waals surface area contributed by atoms with Crippen LogP contribution >= 0.6 is 27.5 Å². The summed E-state index contributed by atoms with van der Waals surface area (Å²) in [4.78, 5) is 12.6. The zero-order valence-corrected chi connectivity index (χ0v) is 12.6. The lowest BCUT2D eigenvalue weighted by molar-refractivity contribution is 1.02. The molecule has 0 fully saturated rings. The number of rotatable bonds is 1. The van der Waals surface area contributed by atoms with Crippen molar-refractivity contribution in [2.45, 2.75) is 0 Å². The molecule has 0 radical (unpaired) electrons. The topological polar surface area (TPSA) is 48.0 Å². The Balaban J connectivity index is 2.43. The Morgan fingerprint density at radius 1 is 1.10 bits per heavy atom. The number of anilines is 1. The highest BCUT2D eigenvalue weighted by molar-refractivity contribution is 9.10. The second-order valence-electron chi connectivity index (χ2n) is 4.37. The van der Waals surface area contributed by atoms with Crippen molar-refractivity contribution >= 4 is 44.1 Å². The van der Waals surface area contributed by atoms with E-state index in [1.807, 2.05) is 18.2 Å². The smallest absolute Gasteiger partial charge is 0.264 e. The first-order chi connectivity index (χ1) is 9.59. The van der Waals surface area contributed by atoms with E-state index in [4.69, 9.17) is 17.3 Å². The molecule has 3 rings (SSSR count). The van der Waals surface area contributed by atoms with Crippen molar-refractivity contribution in [2.75, 3.05) is 5.73 Å². The van der Waals surface area contributed by atoms with Gasteiger partial charge in [-0.05, 0) is 45.6 Å². The molecule has 0 bridgehead atoms. The average Bonchev–Trinajstić information content (AvgIpc) is 2.43. The first-order valence-corrected chi connectivity index (χ1v) is 7.11. The molecule has 0 aliphatic carbocycles. The van der Waals surface area contributed by atoms with Gasteiger partial charge in [0.05, 0.1) is 15.2 Å². The summed E-state index contributed by atoms with van der Waals surface area (Å²) >= 11 is 9.49. The van der Waals surface area contributed by atoms with E-state index in [0.29, 0.717) is 26.4 Å². The van der Waals surface area contributed by atoms with Crippen LogP contribution in [0.4, 0.5) is 5.82 Å². The highest BCUT2D eigenvalue weighted by Gasteiger charge is 2.12. The third-order valence-corrected chi connectivity index (χ3v) is 4.50. The van der Waals surface area contributed by atoms with Crippen LogP contribution in [-0.2, 0) is 0 Å². The number of aromatic nitrogens is 1. The molecular formula is C15H10BrClN2O. The van der Waals surface area contributed by atoms with Gasteiger partial charge in [0.1, 0.15) is 5.82 Å². The number of pyridine rings is 1. The molecule has 0 unspecified atom stereocenters. The summed E-state index contributed by atoms with van der Waals surface area (Å²) in [6.45, 7) is 0. The standard InChI is InChI=1S/C15H10BrClN2O/c16-14-11(17)6-3-7-12(14)19-13(18)8-9-4-1-2-5-10(9)15(19)20/h1-8H,18H2. The van der Waals surface area contributed by atoms with Crippen LogP contribution in [0.3, 0.4) is 0 Å². The summed E-state index contributed by atoms with van der Waals surface area (Å²) in [5, 5.41) is 1.97. The van der Waals surface area contributed by atoms with Gasteiger partial charge in [0.25, 0.3) is 5.56 Å². The Bertz CT molecular complexity index is 873. The summed E-state index contributed by atoms with van der Waals surface area (Å²) in [6, 6.07) is 14.5. The van der Waals surface area contributed by atoms with Crippen molar-refractivity contribution in [3.63, 3.8) is 0 Å². The minimum atomic E-state index is -0.163. The molecule has 5 heteroatoms. The van der Waals surface area contributed by atoms with Gasteiger partial charge in [-0.2, -0.15) is 0 Å². The van der Waals surface area contributed by atoms with Crippen LogP contribution < -0.4 is 11.3 Å². The Morgan fingerprint density at radius 2 is 1.85 bits per heavy atom. The Labute approximate surface area is 128 Å². The molecule has 1 heterocycles. The van der Waals surface area contributed by atoms with E-state index in [1.54, 1.807) is 30.3 Å². The fourth-order valence-electron chi connectivity index (χ4n) is 2.19. The lowest BCUT2D eigenvalue weighted by atomic mass is 10.1. The fourth-order valence-corrected chi connectivity index (χ4v) is 2.80. The van der Waals surface area contributed by atoms with Gasteiger partial charge in [-0.25, -0.2) is 0 Å². The maximum atomic E-state index is 12.6. The molecule has 0 atom stereocenters. The summed E-state index contributed by atoms with van der Waals surface area (Å²) in [7, 11) is 0. The number of hydrogen-bond acceptors (Lipinski definition) is 2. The Kier molecular flexibility index (Phi) is 3.28. The van der Waals surface area contributed by atoms with Crippen molar-refractivity contribution < 1.29 is 0 Å². The summed E-state index contributed by atoms with van der Waals surface area (Å²) in [5.41, 5.74) is 6.50. The highest BCUT2D eigenvalue weighted by atomic mass is 79.9. The van der Waals surface area contributed by atoms with Crippen molar-refractivity contribution in [3.05, 3.63) is 68.4 Å². The molecule has 1 aromatic heterocycles. The molecule has 20 heavy (non-hydrogen) atoms. The zero-order chi connectivity index (χ0) is 14.3. The molecule has 0 saturated heterocycles. The van der Waals surface area contributed by atoms with Crippen molar-refractivity contribution in [1.29, 1.82) is 0 Å². The summed E-state index contributed by atoms with van der Waals surface area (Å²) < 4.78 is 2.10. The van der Waals surface area contributed by atoms with E-state index < -0.39 is 0 Å². The quantitative estimate of drug-likeness (QED) is 0.722. The van der Waals surface area contributed by atoms with Crippen LogP contribution in [0.25, 0.3) is 16.5 Å². The monoisotopic (exact) mass is 348 g/mol. The predicted octanol–water partition coefficient (Wildman–Crippen LogP) is 3.99. The molecule has 2 aromatic carbocycles. The molecule has 0 aliphatic heterocycles. The number of nitrogens with zero attached hydrogens (tertiary/aromatic N) is 1. The second-order valence-corrected chi connectivity index (χ2v) is 5.57. The minimum Gasteiger partial charge on any atom is -0.385 e. The molecular weight excluding hydrogens is 340 g/mol. The van der Waals surface area contributed by atoms with Gasteiger partial charge in [-0.1, -0.05) is 35.9 Å². The van der Waals surface area contributed by atoms with Crippen molar-refractivity contribution in [3.8, 4) is 5.69 Å². The summed E-state index contributed by atoms with van der Waals surface area (Å²) in [6.07, 6.45) is 0. The van der Waals surface area contributed by atoms with Crippen molar-refractivity contribution in [1.82, 2.24) is 4.57 Å². The maximum absolute atomic E-state index is 12.6. The molecule has 0 aliphatic rings. The van der Waals surface area contributed by atoms with E-state index >= 15 is 0 Å². The molecule has 2 N–H and O–H groups in total. The van der Waals surface area contributed by atoms with E-state index in [9.17, 15) is 4.79 Å². The van der Waals surface area contributed by atoms with Gasteiger partial charge in [0, 0.05) is 5.39 Å². The highest BCUT2D eigenvalue weighted by Crippen LogP contribution is 2.30. The average molecular weight is 350 g/mol. The first kappa shape index (κ1) is 13.2. The number of halogens is 2. The SMILES string of the molecule is Nc1cc2ccccc2c(=O)n1-c1cccc(Cl)c1Br. The van der Waals surface area contributed by atoms with Crippen LogP contribution in [0.2, 0.25) is 5.02 Å². The zero-order valence-electron chi connectivity index (χ0n) is 10.3. The molecule has 0 spiro atoms. The van der Waals surface area contributed by atoms with Gasteiger partial charge in [0.2, 0.25) is 0 Å². The second kappa shape index (κ2) is 4.96. The van der Waals surface area contributed by atoms with Crippen molar-refractivity contribution in [2.24, 2.45) is 0 Å². The number of fused-ring (bicyclic) bond motifs is 1. The molecule has 100 valence electrons. The van der Waals surface area contributed by atoms with Crippen LogP contribution in [0.15, 0.2) is 57.8 Å². The number of benzene rings is 2. The molecule has 0 saturated carbocycles. The molecule has 0 amide bonds. The minimum absolute atomic E-state index is 0.163. The van der Waals surface area contributed by atoms with Gasteiger partial charge >= 0.3 is 0 Å². The first-order valence-electron chi connectivity index (χ1n) is 5.94. The number of hydrogen-bond donors (Lipinski definition) is 1. The largest absolute Gasteiger partial charge is 0.385 e. The van der Waals surface area contributed by atoms with Gasteiger partial charge < -0.3 is 5.73 Å². The van der Waals surface area contributed by atoms with E-state index in [-0.39, 0.29) is 5.56 Å². The van der Waals surface area contributed by atoms with Gasteiger partial charge in [-0.3, -0.25) is 9.36 Å². The lowest BCUT2D eigenvalue weighted by Crippen LogP contribution is -2.21. The van der Waals surface area contributed by atoms with Crippen LogP contribution in [0.1, 0.15) is 0 Å².